The number of carbonyl (C=O) groups excluding carboxylic acids is 1. The minimum Gasteiger partial charge on any atom is -0.493 e. The molecule has 2 aromatic carbocycles. The molecule has 2 heterocycles. The first-order valence-electron chi connectivity index (χ1n) is 9.90. The lowest BCUT2D eigenvalue weighted by atomic mass is 9.95. The van der Waals surface area contributed by atoms with Crippen molar-refractivity contribution in [1.29, 1.82) is 0 Å². The Morgan fingerprint density at radius 1 is 1.13 bits per heavy atom. The van der Waals surface area contributed by atoms with Crippen LogP contribution in [0.3, 0.4) is 0 Å². The van der Waals surface area contributed by atoms with Crippen LogP contribution in [0.5, 0.6) is 23.0 Å². The van der Waals surface area contributed by atoms with Crippen LogP contribution in [-0.4, -0.2) is 50.2 Å². The Morgan fingerprint density at radius 3 is 2.61 bits per heavy atom. The third-order valence-corrected chi connectivity index (χ3v) is 5.07. The summed E-state index contributed by atoms with van der Waals surface area (Å²) in [5.41, 5.74) is 3.42. The zero-order chi connectivity index (χ0) is 21.8. The Hall–Kier alpha value is -3.65. The summed E-state index contributed by atoms with van der Waals surface area (Å²) in [6.45, 7) is 0.412. The van der Waals surface area contributed by atoms with Gasteiger partial charge in [-0.25, -0.2) is 0 Å². The number of hydrogen-bond donors (Lipinski definition) is 3. The maximum Gasteiger partial charge on any atom is 0.268 e. The molecule has 0 spiro atoms. The van der Waals surface area contributed by atoms with Crippen molar-refractivity contribution in [2.24, 2.45) is 0 Å². The Kier molecular flexibility index (Phi) is 5.99. The van der Waals surface area contributed by atoms with Crippen molar-refractivity contribution >= 4 is 5.91 Å². The number of rotatable bonds is 8. The molecule has 0 bridgehead atoms. The summed E-state index contributed by atoms with van der Waals surface area (Å²) in [4.78, 5) is 16.1. The van der Waals surface area contributed by atoms with Crippen LogP contribution in [0.1, 0.15) is 16.9 Å². The molecule has 0 radical (unpaired) electrons. The molecule has 1 aliphatic heterocycles. The summed E-state index contributed by atoms with van der Waals surface area (Å²) in [5, 5.41) is 11.9. The highest BCUT2D eigenvalue weighted by atomic mass is 16.7. The van der Waals surface area contributed by atoms with Gasteiger partial charge in [0.05, 0.1) is 14.2 Å². The first-order chi connectivity index (χ1) is 15.2. The van der Waals surface area contributed by atoms with E-state index in [2.05, 4.69) is 10.3 Å². The molecule has 8 nitrogen and oxygen atoms in total. The van der Waals surface area contributed by atoms with Crippen LogP contribution < -0.4 is 24.3 Å². The van der Waals surface area contributed by atoms with E-state index in [1.165, 1.54) is 0 Å². The Bertz CT molecular complexity index is 1080. The average molecular weight is 424 g/mol. The second-order valence-corrected chi connectivity index (χ2v) is 6.88. The number of H-pyrrole nitrogens is 1. The highest BCUT2D eigenvalue weighted by Gasteiger charge is 2.31. The van der Waals surface area contributed by atoms with Crippen LogP contribution in [0.2, 0.25) is 0 Å². The van der Waals surface area contributed by atoms with Crippen LogP contribution in [0.4, 0.5) is 0 Å². The van der Waals surface area contributed by atoms with E-state index in [0.717, 1.165) is 11.1 Å². The lowest BCUT2D eigenvalue weighted by Crippen LogP contribution is -2.25. The fourth-order valence-electron chi connectivity index (χ4n) is 3.65. The Labute approximate surface area is 179 Å². The van der Waals surface area contributed by atoms with Gasteiger partial charge in [-0.15, -0.1) is 0 Å². The van der Waals surface area contributed by atoms with Gasteiger partial charge in [0, 0.05) is 36.0 Å². The molecule has 0 saturated heterocycles. The number of aliphatic hydroxyl groups excluding tert-OH is 1. The molecule has 4 rings (SSSR count). The van der Waals surface area contributed by atoms with E-state index in [0.29, 0.717) is 52.8 Å². The Balaban J connectivity index is 1.93. The van der Waals surface area contributed by atoms with Gasteiger partial charge in [0.1, 0.15) is 5.69 Å². The predicted octanol–water partition coefficient (Wildman–Crippen LogP) is 3.21. The van der Waals surface area contributed by atoms with Crippen molar-refractivity contribution in [2.75, 3.05) is 34.2 Å². The Morgan fingerprint density at radius 2 is 1.90 bits per heavy atom. The van der Waals surface area contributed by atoms with Gasteiger partial charge < -0.3 is 34.4 Å². The molecule has 8 heteroatoms. The summed E-state index contributed by atoms with van der Waals surface area (Å²) >= 11 is 0. The van der Waals surface area contributed by atoms with Crippen LogP contribution in [0, 0.1) is 0 Å². The smallest absolute Gasteiger partial charge is 0.268 e. The number of amides is 1. The quantitative estimate of drug-likeness (QED) is 0.480. The minimum absolute atomic E-state index is 0.000309. The number of hydrogen-bond acceptors (Lipinski definition) is 6. The normalized spacial score (nSPS) is 12.0. The molecular weight excluding hydrogens is 400 g/mol. The number of benzene rings is 2. The average Bonchev–Trinajstić information content (AvgIpc) is 3.46. The van der Waals surface area contributed by atoms with Gasteiger partial charge in [-0.2, -0.15) is 0 Å². The van der Waals surface area contributed by atoms with E-state index in [4.69, 9.17) is 24.1 Å². The van der Waals surface area contributed by atoms with E-state index in [1.54, 1.807) is 26.5 Å². The SMILES string of the molecule is COc1cc(-c2c(-c3ccccc3)c[nH]c2C(=O)NCCCO)c(OC)c2c1OCO2. The molecule has 0 saturated carbocycles. The molecule has 0 fully saturated rings. The molecule has 31 heavy (non-hydrogen) atoms. The molecule has 162 valence electrons. The number of nitrogens with one attached hydrogen (secondary N) is 2. The van der Waals surface area contributed by atoms with E-state index in [-0.39, 0.29) is 19.3 Å². The molecule has 0 atom stereocenters. The molecule has 0 aliphatic carbocycles. The number of aliphatic hydroxyl groups is 1. The van der Waals surface area contributed by atoms with Crippen LogP contribution in [0.15, 0.2) is 42.6 Å². The fourth-order valence-corrected chi connectivity index (χ4v) is 3.65. The highest BCUT2D eigenvalue weighted by Crippen LogP contribution is 2.54. The second-order valence-electron chi connectivity index (χ2n) is 6.88. The zero-order valence-electron chi connectivity index (χ0n) is 17.4. The summed E-state index contributed by atoms with van der Waals surface area (Å²) in [5.74, 6) is 1.55. The number of ether oxygens (including phenoxy) is 4. The lowest BCUT2D eigenvalue weighted by Gasteiger charge is -2.16. The van der Waals surface area contributed by atoms with Gasteiger partial charge in [-0.3, -0.25) is 4.79 Å². The largest absolute Gasteiger partial charge is 0.493 e. The first kappa shape index (κ1) is 20.6. The zero-order valence-corrected chi connectivity index (χ0v) is 17.4. The second kappa shape index (κ2) is 9.01. The van der Waals surface area contributed by atoms with E-state index in [9.17, 15) is 4.79 Å². The molecule has 0 unspecified atom stereocenters. The maximum absolute atomic E-state index is 13.0. The number of aromatic amines is 1. The minimum atomic E-state index is -0.288. The topological polar surface area (TPSA) is 102 Å². The van der Waals surface area contributed by atoms with E-state index >= 15 is 0 Å². The summed E-state index contributed by atoms with van der Waals surface area (Å²) in [6.07, 6.45) is 2.26. The monoisotopic (exact) mass is 424 g/mol. The molecule has 1 amide bonds. The third-order valence-electron chi connectivity index (χ3n) is 5.07. The molecule has 3 N–H and O–H groups in total. The van der Waals surface area contributed by atoms with Gasteiger partial charge in [0.25, 0.3) is 5.91 Å². The molecule has 1 aliphatic rings. The van der Waals surface area contributed by atoms with Gasteiger partial charge in [-0.1, -0.05) is 30.3 Å². The van der Waals surface area contributed by atoms with Crippen molar-refractivity contribution in [1.82, 2.24) is 10.3 Å². The lowest BCUT2D eigenvalue weighted by molar-refractivity contribution is 0.0947. The summed E-state index contributed by atoms with van der Waals surface area (Å²) in [6, 6.07) is 11.5. The fraction of sp³-hybridized carbons (Fsp3) is 0.261. The predicted molar refractivity (Wildman–Crippen MR) is 115 cm³/mol. The van der Waals surface area contributed by atoms with Gasteiger partial charge in [-0.05, 0) is 18.1 Å². The van der Waals surface area contributed by atoms with Crippen LogP contribution in [0.25, 0.3) is 22.3 Å². The molecule has 1 aromatic heterocycles. The van der Waals surface area contributed by atoms with Crippen LogP contribution >= 0.6 is 0 Å². The maximum atomic E-state index is 13.0. The summed E-state index contributed by atoms with van der Waals surface area (Å²) in [7, 11) is 3.09. The first-order valence-corrected chi connectivity index (χ1v) is 9.90. The van der Waals surface area contributed by atoms with Gasteiger partial charge in [0.15, 0.2) is 11.5 Å². The van der Waals surface area contributed by atoms with E-state index in [1.807, 2.05) is 30.3 Å². The van der Waals surface area contributed by atoms with Gasteiger partial charge >= 0.3 is 0 Å². The van der Waals surface area contributed by atoms with Crippen molar-refractivity contribution < 1.29 is 28.8 Å². The van der Waals surface area contributed by atoms with Crippen molar-refractivity contribution in [3.63, 3.8) is 0 Å². The third kappa shape index (κ3) is 3.77. The molecular formula is C23H24N2O6. The number of aromatic nitrogens is 1. The summed E-state index contributed by atoms with van der Waals surface area (Å²) < 4.78 is 22.4. The number of fused-ring (bicyclic) bond motifs is 1. The van der Waals surface area contributed by atoms with Gasteiger partial charge in [0.2, 0.25) is 18.3 Å². The van der Waals surface area contributed by atoms with Crippen molar-refractivity contribution in [3.05, 3.63) is 48.3 Å². The van der Waals surface area contributed by atoms with E-state index < -0.39 is 0 Å². The molecule has 3 aromatic rings. The number of carbonyl (C=O) groups is 1. The standard InChI is InChI=1S/C23H24N2O6/c1-28-17-11-15(20(29-2)22-21(17)30-13-31-22)18-16(14-7-4-3-5-8-14)12-25-19(18)23(27)24-9-6-10-26/h3-5,7-8,11-12,25-26H,6,9-10,13H2,1-2H3,(H,24,27). The highest BCUT2D eigenvalue weighted by molar-refractivity contribution is 6.05. The van der Waals surface area contributed by atoms with Crippen molar-refractivity contribution in [2.45, 2.75) is 6.42 Å². The van der Waals surface area contributed by atoms with Crippen LogP contribution in [-0.2, 0) is 0 Å². The van der Waals surface area contributed by atoms with Crippen molar-refractivity contribution in [3.8, 4) is 45.3 Å². The number of methoxy groups -OCH3 is 2.